The Morgan fingerprint density at radius 2 is 1.86 bits per heavy atom. The molecular weight excluding hydrogens is 406 g/mol. The Bertz CT molecular complexity index is 950. The average Bonchev–Trinajstić information content (AvgIpc) is 2.60. The van der Waals surface area contributed by atoms with Gasteiger partial charge in [-0.2, -0.15) is 13.2 Å². The van der Waals surface area contributed by atoms with E-state index in [1.165, 1.54) is 6.07 Å². The fraction of sp³-hybridized carbons (Fsp3) is 0.125. The Morgan fingerprint density at radius 1 is 1.18 bits per heavy atom. The normalized spacial score (nSPS) is 11.1. The van der Waals surface area contributed by atoms with Crippen molar-refractivity contribution in [2.24, 2.45) is 5.73 Å². The molecule has 0 bridgehead atoms. The number of amides is 2. The van der Waals surface area contributed by atoms with Crippen molar-refractivity contribution >= 4 is 35.0 Å². The summed E-state index contributed by atoms with van der Waals surface area (Å²) in [7, 11) is 0. The first-order valence-corrected chi connectivity index (χ1v) is 8.35. The number of primary amides is 1. The number of benzene rings is 2. The first-order chi connectivity index (χ1) is 13.0. The van der Waals surface area contributed by atoms with Crippen LogP contribution in [-0.4, -0.2) is 22.5 Å². The van der Waals surface area contributed by atoms with Crippen molar-refractivity contribution < 1.29 is 32.1 Å². The van der Waals surface area contributed by atoms with Crippen LogP contribution in [0.15, 0.2) is 41.3 Å². The summed E-state index contributed by atoms with van der Waals surface area (Å²) < 4.78 is 51.5. The van der Waals surface area contributed by atoms with E-state index in [0.717, 1.165) is 18.2 Å². The van der Waals surface area contributed by atoms with Gasteiger partial charge < -0.3 is 11.1 Å². The average molecular weight is 417 g/mol. The topological polar surface area (TPSA) is 115 Å². The summed E-state index contributed by atoms with van der Waals surface area (Å²) in [6.07, 6.45) is -4.74. The van der Waals surface area contributed by atoms with Crippen LogP contribution >= 0.6 is 11.8 Å². The predicted octanol–water partition coefficient (Wildman–Crippen LogP) is 3.58. The maximum atomic E-state index is 13.4. The highest BCUT2D eigenvalue weighted by Crippen LogP contribution is 2.36. The van der Waals surface area contributed by atoms with Crippen LogP contribution in [0.2, 0.25) is 0 Å². The minimum atomic E-state index is -4.74. The number of halogens is 4. The zero-order chi connectivity index (χ0) is 21.1. The molecule has 0 unspecified atom stereocenters. The highest BCUT2D eigenvalue weighted by atomic mass is 32.2. The molecular formula is C16H11F4N3O4S. The number of nitrogens with two attached hydrogens (primary N) is 1. The Hall–Kier alpha value is -3.15. The molecule has 2 rings (SSSR count). The number of rotatable bonds is 6. The lowest BCUT2D eigenvalue weighted by Gasteiger charge is -2.09. The number of hydrogen-bond acceptors (Lipinski definition) is 5. The number of nitrogens with one attached hydrogen (secondary N) is 1. The minimum Gasteiger partial charge on any atom is -0.366 e. The van der Waals surface area contributed by atoms with Crippen LogP contribution in [0.25, 0.3) is 0 Å². The lowest BCUT2D eigenvalue weighted by molar-refractivity contribution is -0.388. The molecule has 7 nitrogen and oxygen atoms in total. The molecule has 2 aromatic carbocycles. The number of alkyl halides is 3. The maximum absolute atomic E-state index is 13.4. The van der Waals surface area contributed by atoms with Gasteiger partial charge in [0.15, 0.2) is 0 Å². The van der Waals surface area contributed by atoms with Crippen LogP contribution in [0.1, 0.15) is 15.9 Å². The highest BCUT2D eigenvalue weighted by molar-refractivity contribution is 8.00. The van der Waals surface area contributed by atoms with Crippen molar-refractivity contribution in [2.75, 3.05) is 11.1 Å². The summed E-state index contributed by atoms with van der Waals surface area (Å²) in [5.41, 5.74) is 2.65. The van der Waals surface area contributed by atoms with Crippen molar-refractivity contribution in [2.45, 2.75) is 11.1 Å². The highest BCUT2D eigenvalue weighted by Gasteiger charge is 2.33. The van der Waals surface area contributed by atoms with Gasteiger partial charge in [-0.05, 0) is 30.3 Å². The van der Waals surface area contributed by atoms with Crippen LogP contribution < -0.4 is 11.1 Å². The number of carbonyl (C=O) groups excluding carboxylic acids is 2. The van der Waals surface area contributed by atoms with E-state index >= 15 is 0 Å². The molecule has 0 saturated carbocycles. The molecule has 3 N–H and O–H groups in total. The molecule has 0 spiro atoms. The van der Waals surface area contributed by atoms with Crippen LogP contribution in [0.4, 0.5) is 28.9 Å². The zero-order valence-electron chi connectivity index (χ0n) is 13.7. The van der Waals surface area contributed by atoms with E-state index in [0.29, 0.717) is 23.9 Å². The van der Waals surface area contributed by atoms with Gasteiger partial charge in [-0.25, -0.2) is 4.39 Å². The molecule has 2 amide bonds. The number of nitro groups is 1. The number of thioether (sulfide) groups is 1. The fourth-order valence-corrected chi connectivity index (χ4v) is 2.90. The number of carbonyl (C=O) groups is 2. The van der Waals surface area contributed by atoms with E-state index in [1.54, 1.807) is 0 Å². The molecule has 0 atom stereocenters. The Kier molecular flexibility index (Phi) is 6.23. The van der Waals surface area contributed by atoms with Gasteiger partial charge in [-0.1, -0.05) is 0 Å². The molecule has 28 heavy (non-hydrogen) atoms. The first-order valence-electron chi connectivity index (χ1n) is 7.36. The van der Waals surface area contributed by atoms with Crippen molar-refractivity contribution in [3.05, 3.63) is 63.5 Å². The van der Waals surface area contributed by atoms with Gasteiger partial charge >= 0.3 is 6.18 Å². The summed E-state index contributed by atoms with van der Waals surface area (Å²) in [5, 5.41) is 13.3. The molecule has 0 radical (unpaired) electrons. The maximum Gasteiger partial charge on any atom is 0.416 e. The second kappa shape index (κ2) is 8.25. The summed E-state index contributed by atoms with van der Waals surface area (Å²) in [5.74, 6) is -2.97. The Labute approximate surface area is 159 Å². The van der Waals surface area contributed by atoms with Crippen LogP contribution in [0.5, 0.6) is 0 Å². The van der Waals surface area contributed by atoms with Gasteiger partial charge in [0.25, 0.3) is 11.6 Å². The van der Waals surface area contributed by atoms with Crippen molar-refractivity contribution in [1.29, 1.82) is 0 Å². The molecule has 12 heteroatoms. The molecule has 0 aliphatic heterocycles. The monoisotopic (exact) mass is 417 g/mol. The number of nitro benzene ring substituents is 1. The van der Waals surface area contributed by atoms with E-state index in [2.05, 4.69) is 5.32 Å². The lowest BCUT2D eigenvalue weighted by Crippen LogP contribution is -2.17. The molecule has 0 fully saturated rings. The SMILES string of the molecule is NC(=O)c1cc(NC(=O)CSc2ccc(C(F)(F)F)cc2[N+](=O)[O-])ccc1F. The second-order valence-corrected chi connectivity index (χ2v) is 6.35. The summed E-state index contributed by atoms with van der Waals surface area (Å²) in [6.45, 7) is 0. The van der Waals surface area contributed by atoms with Crippen LogP contribution in [0, 0.1) is 15.9 Å². The van der Waals surface area contributed by atoms with Gasteiger partial charge in [0.05, 0.1) is 26.7 Å². The third-order valence-corrected chi connectivity index (χ3v) is 4.42. The zero-order valence-corrected chi connectivity index (χ0v) is 14.6. The van der Waals surface area contributed by atoms with Crippen LogP contribution in [0.3, 0.4) is 0 Å². The Morgan fingerprint density at radius 3 is 2.43 bits per heavy atom. The largest absolute Gasteiger partial charge is 0.416 e. The van der Waals surface area contributed by atoms with E-state index in [9.17, 15) is 37.3 Å². The van der Waals surface area contributed by atoms with Gasteiger partial charge in [-0.15, -0.1) is 11.8 Å². The molecule has 2 aromatic rings. The molecule has 0 aromatic heterocycles. The van der Waals surface area contributed by atoms with E-state index in [4.69, 9.17) is 5.73 Å². The number of anilines is 1. The molecule has 0 heterocycles. The Balaban J connectivity index is 2.12. The second-order valence-electron chi connectivity index (χ2n) is 5.33. The van der Waals surface area contributed by atoms with Gasteiger partial charge in [0, 0.05) is 11.8 Å². The molecule has 0 aliphatic carbocycles. The van der Waals surface area contributed by atoms with E-state index < -0.39 is 45.5 Å². The minimum absolute atomic E-state index is 0.0581. The predicted molar refractivity (Wildman–Crippen MR) is 92.4 cm³/mol. The van der Waals surface area contributed by atoms with E-state index in [-0.39, 0.29) is 16.3 Å². The quantitative estimate of drug-likeness (QED) is 0.323. The van der Waals surface area contributed by atoms with Gasteiger partial charge in [-0.3, -0.25) is 19.7 Å². The molecule has 148 valence electrons. The van der Waals surface area contributed by atoms with Gasteiger partial charge in [0.1, 0.15) is 5.82 Å². The summed E-state index contributed by atoms with van der Waals surface area (Å²) in [4.78, 5) is 33.0. The van der Waals surface area contributed by atoms with Crippen molar-refractivity contribution in [3.8, 4) is 0 Å². The summed E-state index contributed by atoms with van der Waals surface area (Å²) in [6, 6.07) is 5.07. The summed E-state index contributed by atoms with van der Waals surface area (Å²) >= 11 is 0.649. The standard InChI is InChI=1S/C16H11F4N3O4S/c17-11-3-2-9(6-10(11)15(21)25)22-14(24)7-28-13-4-1-8(16(18,19)20)5-12(13)23(26)27/h1-6H,7H2,(H2,21,25)(H,22,24). The smallest absolute Gasteiger partial charge is 0.366 e. The fourth-order valence-electron chi connectivity index (χ4n) is 2.09. The van der Waals surface area contributed by atoms with Gasteiger partial charge in [0.2, 0.25) is 5.91 Å². The van der Waals surface area contributed by atoms with Crippen molar-refractivity contribution in [1.82, 2.24) is 0 Å². The van der Waals surface area contributed by atoms with Crippen LogP contribution in [-0.2, 0) is 11.0 Å². The van der Waals surface area contributed by atoms with E-state index in [1.807, 2.05) is 0 Å². The molecule has 0 aliphatic rings. The third-order valence-electron chi connectivity index (χ3n) is 3.36. The third kappa shape index (κ3) is 5.19. The molecule has 0 saturated heterocycles. The lowest BCUT2D eigenvalue weighted by atomic mass is 10.2. The number of nitrogens with zero attached hydrogens (tertiary/aromatic N) is 1. The van der Waals surface area contributed by atoms with Crippen molar-refractivity contribution in [3.63, 3.8) is 0 Å². The number of hydrogen-bond donors (Lipinski definition) is 2. The first kappa shape index (κ1) is 21.2.